The van der Waals surface area contributed by atoms with Crippen LogP contribution in [-0.2, 0) is 17.9 Å². The Hall–Kier alpha value is -3.06. The molecule has 0 radical (unpaired) electrons. The van der Waals surface area contributed by atoms with Gasteiger partial charge in [-0.15, -0.1) is 0 Å². The maximum absolute atomic E-state index is 13.1. The van der Waals surface area contributed by atoms with E-state index in [0.29, 0.717) is 43.6 Å². The molecule has 0 aliphatic carbocycles. The van der Waals surface area contributed by atoms with E-state index in [1.165, 1.54) is 12.1 Å². The molecule has 0 atom stereocenters. The fourth-order valence-electron chi connectivity index (χ4n) is 3.36. The van der Waals surface area contributed by atoms with E-state index < -0.39 is 0 Å². The molecule has 0 fully saturated rings. The smallest absolute Gasteiger partial charge is 0.224 e. The normalized spacial score (nSPS) is 10.8. The Bertz CT molecular complexity index is 1100. The average Bonchev–Trinajstić information content (AvgIpc) is 2.78. The predicted molar refractivity (Wildman–Crippen MR) is 138 cm³/mol. The summed E-state index contributed by atoms with van der Waals surface area (Å²) in [4.78, 5) is 12.1. The minimum absolute atomic E-state index is 0.00802. The number of benzene rings is 3. The van der Waals surface area contributed by atoms with Gasteiger partial charge in [-0.25, -0.2) is 4.39 Å². The standard InChI is InChI=1S/C27H30BrFN2O3/c1-4-33-25-14-20(13-24(28)27(25)34-17-19-8-10-21(29)11-9-19)16-30-22-6-5-7-23(15-22)31-26(32)12-18(2)3/h5-11,13-15,18,30H,4,12,16-17H2,1-3H3,(H,31,32). The summed E-state index contributed by atoms with van der Waals surface area (Å²) < 4.78 is 25.7. The molecule has 0 saturated carbocycles. The molecule has 1 amide bonds. The Morgan fingerprint density at radius 2 is 1.74 bits per heavy atom. The lowest BCUT2D eigenvalue weighted by Gasteiger charge is -2.16. The second-order valence-electron chi connectivity index (χ2n) is 8.33. The van der Waals surface area contributed by atoms with Gasteiger partial charge in [-0.3, -0.25) is 4.79 Å². The van der Waals surface area contributed by atoms with E-state index in [1.54, 1.807) is 12.1 Å². The summed E-state index contributed by atoms with van der Waals surface area (Å²) in [7, 11) is 0. The van der Waals surface area contributed by atoms with Crippen molar-refractivity contribution in [3.8, 4) is 11.5 Å². The first-order valence-corrected chi connectivity index (χ1v) is 12.1. The molecule has 3 aromatic rings. The Morgan fingerprint density at radius 1 is 1.00 bits per heavy atom. The molecule has 0 saturated heterocycles. The molecule has 0 bridgehead atoms. The van der Waals surface area contributed by atoms with Gasteiger partial charge < -0.3 is 20.1 Å². The van der Waals surface area contributed by atoms with Crippen LogP contribution < -0.4 is 20.1 Å². The topological polar surface area (TPSA) is 59.6 Å². The molecule has 3 rings (SSSR count). The number of carbonyl (C=O) groups excluding carboxylic acids is 1. The Balaban J connectivity index is 1.67. The number of amides is 1. The van der Waals surface area contributed by atoms with Gasteiger partial charge in [0.05, 0.1) is 11.1 Å². The van der Waals surface area contributed by atoms with Gasteiger partial charge in [0.15, 0.2) is 11.5 Å². The Labute approximate surface area is 208 Å². The van der Waals surface area contributed by atoms with Crippen LogP contribution in [0.5, 0.6) is 11.5 Å². The van der Waals surface area contributed by atoms with Gasteiger partial charge in [0.25, 0.3) is 0 Å². The van der Waals surface area contributed by atoms with Crippen LogP contribution in [0.25, 0.3) is 0 Å². The van der Waals surface area contributed by atoms with Crippen LogP contribution in [0.15, 0.2) is 65.1 Å². The summed E-state index contributed by atoms with van der Waals surface area (Å²) in [5.41, 5.74) is 3.52. The van der Waals surface area contributed by atoms with Crippen LogP contribution in [-0.4, -0.2) is 12.5 Å². The second kappa shape index (κ2) is 12.4. The van der Waals surface area contributed by atoms with Crippen molar-refractivity contribution < 1.29 is 18.7 Å². The van der Waals surface area contributed by atoms with E-state index in [2.05, 4.69) is 26.6 Å². The van der Waals surface area contributed by atoms with E-state index in [-0.39, 0.29) is 11.7 Å². The quantitative estimate of drug-likeness (QED) is 0.277. The molecule has 0 spiro atoms. The maximum atomic E-state index is 13.1. The lowest BCUT2D eigenvalue weighted by Crippen LogP contribution is -2.13. The number of carbonyl (C=O) groups is 1. The van der Waals surface area contributed by atoms with Crippen LogP contribution in [0.4, 0.5) is 15.8 Å². The molecule has 0 unspecified atom stereocenters. The van der Waals surface area contributed by atoms with Gasteiger partial charge >= 0.3 is 0 Å². The molecule has 2 N–H and O–H groups in total. The highest BCUT2D eigenvalue weighted by molar-refractivity contribution is 9.10. The van der Waals surface area contributed by atoms with Crippen LogP contribution in [0, 0.1) is 11.7 Å². The first-order chi connectivity index (χ1) is 16.3. The number of ether oxygens (including phenoxy) is 2. The van der Waals surface area contributed by atoms with E-state index >= 15 is 0 Å². The van der Waals surface area contributed by atoms with Crippen molar-refractivity contribution in [3.63, 3.8) is 0 Å². The van der Waals surface area contributed by atoms with Crippen molar-refractivity contribution in [1.82, 2.24) is 0 Å². The first kappa shape index (κ1) is 25.6. The Kier molecular flexibility index (Phi) is 9.33. The minimum atomic E-state index is -0.278. The zero-order chi connectivity index (χ0) is 24.5. The van der Waals surface area contributed by atoms with Gasteiger partial charge in [0.1, 0.15) is 12.4 Å². The summed E-state index contributed by atoms with van der Waals surface area (Å²) in [6, 6.07) is 17.8. The fraction of sp³-hybridized carbons (Fsp3) is 0.296. The molecule has 0 aliphatic heterocycles. The highest BCUT2D eigenvalue weighted by Gasteiger charge is 2.13. The summed E-state index contributed by atoms with van der Waals surface area (Å²) in [6.45, 7) is 7.30. The van der Waals surface area contributed by atoms with E-state index in [0.717, 1.165) is 27.0 Å². The molecule has 34 heavy (non-hydrogen) atoms. The van der Waals surface area contributed by atoms with Gasteiger partial charge in [-0.05, 0) is 82.4 Å². The maximum Gasteiger partial charge on any atom is 0.224 e. The lowest BCUT2D eigenvalue weighted by atomic mass is 10.1. The third kappa shape index (κ3) is 7.76. The number of hydrogen-bond donors (Lipinski definition) is 2. The van der Waals surface area contributed by atoms with Crippen molar-refractivity contribution in [2.45, 2.75) is 40.3 Å². The monoisotopic (exact) mass is 528 g/mol. The number of anilines is 2. The largest absolute Gasteiger partial charge is 0.490 e. The van der Waals surface area contributed by atoms with E-state index in [9.17, 15) is 9.18 Å². The highest BCUT2D eigenvalue weighted by Crippen LogP contribution is 2.37. The summed E-state index contributed by atoms with van der Waals surface area (Å²) in [6.07, 6.45) is 0.488. The van der Waals surface area contributed by atoms with Gasteiger partial charge in [0.2, 0.25) is 5.91 Å². The minimum Gasteiger partial charge on any atom is -0.490 e. The SMILES string of the molecule is CCOc1cc(CNc2cccc(NC(=O)CC(C)C)c2)cc(Br)c1OCc1ccc(F)cc1. The summed E-state index contributed by atoms with van der Waals surface area (Å²) >= 11 is 3.60. The van der Waals surface area contributed by atoms with Gasteiger partial charge in [0, 0.05) is 24.3 Å². The van der Waals surface area contributed by atoms with Crippen molar-refractivity contribution in [2.24, 2.45) is 5.92 Å². The molecule has 7 heteroatoms. The third-order valence-corrected chi connectivity index (χ3v) is 5.49. The molecule has 3 aromatic carbocycles. The van der Waals surface area contributed by atoms with Gasteiger partial charge in [-0.2, -0.15) is 0 Å². The number of rotatable bonds is 11. The number of nitrogens with one attached hydrogen (secondary N) is 2. The average molecular weight is 529 g/mol. The van der Waals surface area contributed by atoms with Crippen molar-refractivity contribution in [1.29, 1.82) is 0 Å². The van der Waals surface area contributed by atoms with Crippen LogP contribution >= 0.6 is 15.9 Å². The molecular weight excluding hydrogens is 499 g/mol. The van der Waals surface area contributed by atoms with Crippen molar-refractivity contribution >= 4 is 33.2 Å². The number of halogens is 2. The van der Waals surface area contributed by atoms with E-state index in [4.69, 9.17) is 9.47 Å². The molecular formula is C27H30BrFN2O3. The lowest BCUT2D eigenvalue weighted by molar-refractivity contribution is -0.116. The number of hydrogen-bond acceptors (Lipinski definition) is 4. The van der Waals surface area contributed by atoms with Crippen LogP contribution in [0.3, 0.4) is 0 Å². The summed E-state index contributed by atoms with van der Waals surface area (Å²) in [5, 5.41) is 6.33. The molecule has 180 valence electrons. The highest BCUT2D eigenvalue weighted by atomic mass is 79.9. The molecule has 0 heterocycles. The van der Waals surface area contributed by atoms with Crippen molar-refractivity contribution in [2.75, 3.05) is 17.2 Å². The summed E-state index contributed by atoms with van der Waals surface area (Å²) in [5.74, 6) is 1.27. The molecule has 0 aliphatic rings. The van der Waals surface area contributed by atoms with Crippen LogP contribution in [0.1, 0.15) is 38.3 Å². The predicted octanol–water partition coefficient (Wildman–Crippen LogP) is 7.16. The third-order valence-electron chi connectivity index (χ3n) is 4.90. The molecule has 5 nitrogen and oxygen atoms in total. The van der Waals surface area contributed by atoms with Crippen molar-refractivity contribution in [3.05, 3.63) is 82.1 Å². The molecule has 0 aromatic heterocycles. The Morgan fingerprint density at radius 3 is 2.44 bits per heavy atom. The van der Waals surface area contributed by atoms with Crippen LogP contribution in [0.2, 0.25) is 0 Å². The zero-order valence-corrected chi connectivity index (χ0v) is 21.2. The van der Waals surface area contributed by atoms with E-state index in [1.807, 2.05) is 57.2 Å². The second-order valence-corrected chi connectivity index (χ2v) is 9.19. The fourth-order valence-corrected chi connectivity index (χ4v) is 3.96. The zero-order valence-electron chi connectivity index (χ0n) is 19.7. The first-order valence-electron chi connectivity index (χ1n) is 11.3. The van der Waals surface area contributed by atoms with Gasteiger partial charge in [-0.1, -0.05) is 32.0 Å².